The zero-order valence-corrected chi connectivity index (χ0v) is 19.9. The molecule has 0 saturated carbocycles. The number of hydrogen-bond acceptors (Lipinski definition) is 4. The van der Waals surface area contributed by atoms with Gasteiger partial charge in [-0.05, 0) is 35.9 Å². The molecule has 3 rings (SSSR count). The van der Waals surface area contributed by atoms with Crippen molar-refractivity contribution in [3.63, 3.8) is 0 Å². The molecule has 1 atom stereocenters. The maximum absolute atomic E-state index is 13.0. The van der Waals surface area contributed by atoms with E-state index in [4.69, 9.17) is 51.2 Å². The molecule has 1 unspecified atom stereocenters. The van der Waals surface area contributed by atoms with Crippen molar-refractivity contribution in [2.45, 2.75) is 18.7 Å². The standard InChI is InChI=1S/C22H14Cl4F3N3O2/c23-14-6-4-12(5-7-14)19(20-18(26)8-13(9-30-20)22(27,28)29)21(33)31-11-32-34-10-15-16(24)2-1-3-17(15)25/h1-9,11,19H,10H2,(H,31,32,33). The van der Waals surface area contributed by atoms with Crippen molar-refractivity contribution in [2.24, 2.45) is 5.16 Å². The zero-order valence-electron chi connectivity index (χ0n) is 16.9. The molecule has 5 nitrogen and oxygen atoms in total. The first-order valence-electron chi connectivity index (χ1n) is 9.43. The number of aromatic nitrogens is 1. The normalized spacial score (nSPS) is 12.6. The Bertz CT molecular complexity index is 1180. The minimum absolute atomic E-state index is 0.0578. The number of carbonyl (C=O) groups is 1. The molecule has 2 aromatic carbocycles. The first kappa shape index (κ1) is 26.1. The molecule has 1 aromatic heterocycles. The summed E-state index contributed by atoms with van der Waals surface area (Å²) >= 11 is 24.1. The lowest BCUT2D eigenvalue weighted by molar-refractivity contribution is -0.137. The van der Waals surface area contributed by atoms with Crippen LogP contribution in [0.15, 0.2) is 59.9 Å². The lowest BCUT2D eigenvalue weighted by atomic mass is 9.94. The Hall–Kier alpha value is -2.52. The molecule has 0 bridgehead atoms. The molecule has 1 amide bonds. The third-order valence-corrected chi connectivity index (χ3v) is 5.80. The van der Waals surface area contributed by atoms with Gasteiger partial charge in [0.1, 0.15) is 18.9 Å². The Balaban J connectivity index is 1.79. The molecule has 3 aromatic rings. The number of hydrogen-bond donors (Lipinski definition) is 1. The van der Waals surface area contributed by atoms with Gasteiger partial charge in [-0.2, -0.15) is 13.2 Å². The van der Waals surface area contributed by atoms with Crippen LogP contribution >= 0.6 is 46.4 Å². The molecule has 0 saturated heterocycles. The van der Waals surface area contributed by atoms with E-state index in [1.807, 2.05) is 0 Å². The number of rotatable bonds is 7. The minimum Gasteiger partial charge on any atom is -0.390 e. The summed E-state index contributed by atoms with van der Waals surface area (Å²) in [5.41, 5.74) is -0.210. The third kappa shape index (κ3) is 6.54. The van der Waals surface area contributed by atoms with Gasteiger partial charge < -0.3 is 10.2 Å². The maximum atomic E-state index is 13.0. The summed E-state index contributed by atoms with van der Waals surface area (Å²) < 4.78 is 39.0. The Kier molecular flexibility index (Phi) is 8.65. The van der Waals surface area contributed by atoms with Crippen molar-refractivity contribution in [2.75, 3.05) is 0 Å². The van der Waals surface area contributed by atoms with Crippen molar-refractivity contribution in [1.82, 2.24) is 10.3 Å². The summed E-state index contributed by atoms with van der Waals surface area (Å²) in [4.78, 5) is 21.9. The number of halogens is 7. The molecule has 0 radical (unpaired) electrons. The number of carbonyl (C=O) groups excluding carboxylic acids is 1. The van der Waals surface area contributed by atoms with Gasteiger partial charge in [0.2, 0.25) is 5.91 Å². The largest absolute Gasteiger partial charge is 0.417 e. The summed E-state index contributed by atoms with van der Waals surface area (Å²) in [5.74, 6) is -1.82. The summed E-state index contributed by atoms with van der Waals surface area (Å²) in [6.45, 7) is -0.0578. The highest BCUT2D eigenvalue weighted by molar-refractivity contribution is 6.36. The van der Waals surface area contributed by atoms with Crippen molar-refractivity contribution < 1.29 is 22.8 Å². The maximum Gasteiger partial charge on any atom is 0.417 e. The first-order chi connectivity index (χ1) is 16.1. The van der Waals surface area contributed by atoms with E-state index in [2.05, 4.69) is 15.5 Å². The molecule has 178 valence electrons. The van der Waals surface area contributed by atoms with Gasteiger partial charge in [-0.3, -0.25) is 9.78 Å². The number of oxime groups is 1. The lowest BCUT2D eigenvalue weighted by Gasteiger charge is -2.18. The number of alkyl halides is 3. The molecule has 12 heteroatoms. The highest BCUT2D eigenvalue weighted by Crippen LogP contribution is 2.35. The van der Waals surface area contributed by atoms with Gasteiger partial charge in [0.05, 0.1) is 16.3 Å². The summed E-state index contributed by atoms with van der Waals surface area (Å²) in [7, 11) is 0. The van der Waals surface area contributed by atoms with Gasteiger partial charge in [-0.25, -0.2) is 0 Å². The van der Waals surface area contributed by atoms with Crippen molar-refractivity contribution in [3.05, 3.63) is 97.2 Å². The Morgan fingerprint density at radius 3 is 2.29 bits per heavy atom. The molecule has 0 fully saturated rings. The lowest BCUT2D eigenvalue weighted by Crippen LogP contribution is -2.30. The number of benzene rings is 2. The highest BCUT2D eigenvalue weighted by atomic mass is 35.5. The minimum atomic E-state index is -4.64. The van der Waals surface area contributed by atoms with Gasteiger partial charge in [0.15, 0.2) is 0 Å². The Morgan fingerprint density at radius 2 is 1.71 bits per heavy atom. The summed E-state index contributed by atoms with van der Waals surface area (Å²) in [6, 6.07) is 11.8. The zero-order chi connectivity index (χ0) is 24.9. The van der Waals surface area contributed by atoms with Crippen molar-refractivity contribution in [3.8, 4) is 0 Å². The van der Waals surface area contributed by atoms with Crippen LogP contribution in [0, 0.1) is 0 Å². The average molecular weight is 551 g/mol. The fourth-order valence-corrected chi connectivity index (χ4v) is 3.80. The van der Waals surface area contributed by atoms with Crippen LogP contribution in [-0.2, 0) is 22.4 Å². The van der Waals surface area contributed by atoms with E-state index in [-0.39, 0.29) is 17.3 Å². The van der Waals surface area contributed by atoms with Crippen LogP contribution in [0.3, 0.4) is 0 Å². The quantitative estimate of drug-likeness (QED) is 0.193. The van der Waals surface area contributed by atoms with E-state index in [9.17, 15) is 18.0 Å². The van der Waals surface area contributed by atoms with Crippen LogP contribution in [0.4, 0.5) is 13.2 Å². The SMILES string of the molecule is O=C(N/C=N/OCc1c(Cl)cccc1Cl)C(c1ccc(Cl)cc1)c1ncc(C(F)(F)F)cc1Cl. The van der Waals surface area contributed by atoms with Gasteiger partial charge in [-0.15, -0.1) is 0 Å². The Labute approximate surface area is 212 Å². The fourth-order valence-electron chi connectivity index (χ4n) is 2.89. The van der Waals surface area contributed by atoms with Gasteiger partial charge in [0.25, 0.3) is 0 Å². The van der Waals surface area contributed by atoms with Crippen LogP contribution in [0.25, 0.3) is 0 Å². The number of pyridine rings is 1. The van der Waals surface area contributed by atoms with Gasteiger partial charge >= 0.3 is 6.18 Å². The smallest absolute Gasteiger partial charge is 0.390 e. The molecule has 0 aliphatic carbocycles. The molecule has 0 aliphatic heterocycles. The van der Waals surface area contributed by atoms with E-state index in [1.165, 1.54) is 24.3 Å². The number of amides is 1. The molecular weight excluding hydrogens is 537 g/mol. The van der Waals surface area contributed by atoms with Crippen LogP contribution in [-0.4, -0.2) is 17.2 Å². The molecule has 1 heterocycles. The second-order valence-electron chi connectivity index (χ2n) is 6.79. The van der Waals surface area contributed by atoms with E-state index >= 15 is 0 Å². The molecular formula is C22H14Cl4F3N3O2. The van der Waals surface area contributed by atoms with Crippen molar-refractivity contribution >= 4 is 58.6 Å². The first-order valence-corrected chi connectivity index (χ1v) is 10.9. The van der Waals surface area contributed by atoms with Crippen LogP contribution in [0.2, 0.25) is 20.1 Å². The second-order valence-corrected chi connectivity index (χ2v) is 8.45. The van der Waals surface area contributed by atoms with E-state index in [0.717, 1.165) is 6.34 Å². The predicted octanol–water partition coefficient (Wildman–Crippen LogP) is 7.12. The molecule has 0 aliphatic rings. The number of nitrogens with zero attached hydrogens (tertiary/aromatic N) is 2. The second kappa shape index (κ2) is 11.3. The monoisotopic (exact) mass is 549 g/mol. The van der Waals surface area contributed by atoms with Crippen LogP contribution < -0.4 is 5.32 Å². The van der Waals surface area contributed by atoms with Crippen molar-refractivity contribution in [1.29, 1.82) is 0 Å². The van der Waals surface area contributed by atoms with E-state index in [0.29, 0.717) is 38.5 Å². The Morgan fingerprint density at radius 1 is 1.06 bits per heavy atom. The van der Waals surface area contributed by atoms with Gasteiger partial charge in [0, 0.05) is 26.8 Å². The van der Waals surface area contributed by atoms with Gasteiger partial charge in [-0.1, -0.05) is 69.8 Å². The molecule has 0 spiro atoms. The van der Waals surface area contributed by atoms with Crippen LogP contribution in [0.5, 0.6) is 0 Å². The van der Waals surface area contributed by atoms with Crippen LogP contribution in [0.1, 0.15) is 28.3 Å². The van der Waals surface area contributed by atoms with E-state index in [1.54, 1.807) is 18.2 Å². The van der Waals surface area contributed by atoms with E-state index < -0.39 is 23.6 Å². The summed E-state index contributed by atoms with van der Waals surface area (Å²) in [6.07, 6.45) is -3.04. The topological polar surface area (TPSA) is 63.6 Å². The molecule has 34 heavy (non-hydrogen) atoms. The predicted molar refractivity (Wildman–Crippen MR) is 125 cm³/mol. The fraction of sp³-hybridized carbons (Fsp3) is 0.136. The summed E-state index contributed by atoms with van der Waals surface area (Å²) in [5, 5.41) is 6.90. The molecule has 1 N–H and O–H groups in total. The number of nitrogens with one attached hydrogen (secondary N) is 1. The highest BCUT2D eigenvalue weighted by Gasteiger charge is 2.33. The third-order valence-electron chi connectivity index (χ3n) is 4.54. The average Bonchev–Trinajstić information content (AvgIpc) is 2.77.